The van der Waals surface area contributed by atoms with Gasteiger partial charge < -0.3 is 5.32 Å². The molecule has 0 bridgehead atoms. The molecule has 2 nitrogen and oxygen atoms in total. The van der Waals surface area contributed by atoms with Crippen LogP contribution in [0.2, 0.25) is 5.02 Å². The fraction of sp³-hybridized carbons (Fsp3) is 0.417. The van der Waals surface area contributed by atoms with Crippen LogP contribution in [0, 0.1) is 6.92 Å². The van der Waals surface area contributed by atoms with Crippen molar-refractivity contribution in [3.8, 4) is 0 Å². The lowest BCUT2D eigenvalue weighted by molar-refractivity contribution is 0.0920. The third-order valence-electron chi connectivity index (χ3n) is 2.23. The van der Waals surface area contributed by atoms with Gasteiger partial charge in [0.15, 0.2) is 0 Å². The van der Waals surface area contributed by atoms with E-state index in [9.17, 15) is 4.79 Å². The Kier molecular flexibility index (Phi) is 4.39. The van der Waals surface area contributed by atoms with Gasteiger partial charge in [-0.1, -0.05) is 33.6 Å². The molecule has 0 radical (unpaired) electrons. The topological polar surface area (TPSA) is 29.1 Å². The number of carbonyl (C=O) groups excluding carboxylic acids is 1. The maximum Gasteiger partial charge on any atom is 0.252 e. The zero-order valence-electron chi connectivity index (χ0n) is 9.60. The number of hydrogen-bond acceptors (Lipinski definition) is 1. The number of hydrogen-bond donors (Lipinski definition) is 1. The summed E-state index contributed by atoms with van der Waals surface area (Å²) in [7, 11) is 0. The molecule has 0 fully saturated rings. The smallest absolute Gasteiger partial charge is 0.252 e. The minimum absolute atomic E-state index is 0.0931. The molecule has 0 saturated heterocycles. The Morgan fingerprint density at radius 1 is 1.50 bits per heavy atom. The van der Waals surface area contributed by atoms with E-state index >= 15 is 0 Å². The molecule has 1 N–H and O–H groups in total. The van der Waals surface area contributed by atoms with Crippen molar-refractivity contribution in [1.82, 2.24) is 5.32 Å². The number of benzene rings is 1. The molecule has 0 unspecified atom stereocenters. The molecule has 0 saturated carbocycles. The zero-order chi connectivity index (χ0) is 12.3. The normalized spacial score (nSPS) is 11.3. The van der Waals surface area contributed by atoms with E-state index in [0.717, 1.165) is 5.56 Å². The van der Waals surface area contributed by atoms with Crippen LogP contribution in [0.3, 0.4) is 0 Å². The standard InChI is InChI=1S/C12H15BrClNO/c1-8-4-5-9(14)6-10(8)11(16)15-12(2,3)7-13/h4-6H,7H2,1-3H3,(H,15,16). The van der Waals surface area contributed by atoms with E-state index < -0.39 is 0 Å². The van der Waals surface area contributed by atoms with Crippen molar-refractivity contribution in [1.29, 1.82) is 0 Å². The Labute approximate surface area is 110 Å². The fourth-order valence-corrected chi connectivity index (χ4v) is 1.56. The number of halogens is 2. The van der Waals surface area contributed by atoms with Gasteiger partial charge in [-0.2, -0.15) is 0 Å². The van der Waals surface area contributed by atoms with Crippen LogP contribution in [0.5, 0.6) is 0 Å². The summed E-state index contributed by atoms with van der Waals surface area (Å²) >= 11 is 9.24. The molecule has 0 aliphatic carbocycles. The molecule has 0 atom stereocenters. The van der Waals surface area contributed by atoms with Crippen LogP contribution >= 0.6 is 27.5 Å². The number of rotatable bonds is 3. The first kappa shape index (κ1) is 13.5. The van der Waals surface area contributed by atoms with E-state index in [1.807, 2.05) is 26.8 Å². The zero-order valence-corrected chi connectivity index (χ0v) is 11.9. The van der Waals surface area contributed by atoms with Crippen LogP contribution < -0.4 is 5.32 Å². The van der Waals surface area contributed by atoms with Crippen LogP contribution in [0.4, 0.5) is 0 Å². The first-order chi connectivity index (χ1) is 7.35. The molecule has 4 heteroatoms. The summed E-state index contributed by atoms with van der Waals surface area (Å²) in [5, 5.41) is 4.22. The number of amides is 1. The van der Waals surface area contributed by atoms with Crippen molar-refractivity contribution in [2.75, 3.05) is 5.33 Å². The number of carbonyl (C=O) groups is 1. The van der Waals surface area contributed by atoms with Crippen molar-refractivity contribution in [3.05, 3.63) is 34.3 Å². The molecular formula is C12H15BrClNO. The predicted octanol–water partition coefficient (Wildman–Crippen LogP) is 3.55. The summed E-state index contributed by atoms with van der Waals surface area (Å²) in [6, 6.07) is 5.32. The molecule has 88 valence electrons. The van der Waals surface area contributed by atoms with Gasteiger partial charge in [0.25, 0.3) is 5.91 Å². The lowest BCUT2D eigenvalue weighted by Crippen LogP contribution is -2.44. The second-order valence-corrected chi connectivity index (χ2v) is 5.43. The van der Waals surface area contributed by atoms with Crippen LogP contribution in [0.15, 0.2) is 18.2 Å². The number of nitrogens with one attached hydrogen (secondary N) is 1. The van der Waals surface area contributed by atoms with Gasteiger partial charge in [0, 0.05) is 21.5 Å². The second-order valence-electron chi connectivity index (χ2n) is 4.43. The number of aryl methyl sites for hydroxylation is 1. The van der Waals surface area contributed by atoms with E-state index in [0.29, 0.717) is 15.9 Å². The molecule has 1 rings (SSSR count). The average Bonchev–Trinajstić information content (AvgIpc) is 2.21. The van der Waals surface area contributed by atoms with Gasteiger partial charge in [0.1, 0.15) is 0 Å². The van der Waals surface area contributed by atoms with Gasteiger partial charge in [0.05, 0.1) is 0 Å². The highest BCUT2D eigenvalue weighted by Gasteiger charge is 2.20. The van der Waals surface area contributed by atoms with Gasteiger partial charge in [-0.05, 0) is 38.5 Å². The van der Waals surface area contributed by atoms with Crippen LogP contribution in [0.1, 0.15) is 29.8 Å². The van der Waals surface area contributed by atoms with Crippen molar-refractivity contribution in [2.24, 2.45) is 0 Å². The summed E-state index contributed by atoms with van der Waals surface area (Å²) in [6.07, 6.45) is 0. The van der Waals surface area contributed by atoms with E-state index in [4.69, 9.17) is 11.6 Å². The summed E-state index contributed by atoms with van der Waals surface area (Å²) in [5.41, 5.74) is 1.28. The number of alkyl halides is 1. The van der Waals surface area contributed by atoms with Crippen molar-refractivity contribution >= 4 is 33.4 Å². The first-order valence-electron chi connectivity index (χ1n) is 5.00. The maximum atomic E-state index is 12.0. The lowest BCUT2D eigenvalue weighted by Gasteiger charge is -2.24. The van der Waals surface area contributed by atoms with Gasteiger partial charge in [-0.15, -0.1) is 0 Å². The second kappa shape index (κ2) is 5.19. The maximum absolute atomic E-state index is 12.0. The molecule has 1 aromatic carbocycles. The first-order valence-corrected chi connectivity index (χ1v) is 6.50. The molecular weight excluding hydrogens is 289 g/mol. The summed E-state index contributed by atoms with van der Waals surface area (Å²) < 4.78 is 0. The van der Waals surface area contributed by atoms with Crippen molar-refractivity contribution < 1.29 is 4.79 Å². The quantitative estimate of drug-likeness (QED) is 0.850. The van der Waals surface area contributed by atoms with E-state index in [1.54, 1.807) is 12.1 Å². The summed E-state index contributed by atoms with van der Waals surface area (Å²) in [5.74, 6) is -0.0931. The Hall–Kier alpha value is -0.540. The van der Waals surface area contributed by atoms with Crippen LogP contribution in [-0.4, -0.2) is 16.8 Å². The SMILES string of the molecule is Cc1ccc(Cl)cc1C(=O)NC(C)(C)CBr. The van der Waals surface area contributed by atoms with Crippen LogP contribution in [0.25, 0.3) is 0 Å². The Morgan fingerprint density at radius 3 is 2.69 bits per heavy atom. The predicted molar refractivity (Wildman–Crippen MR) is 71.5 cm³/mol. The highest BCUT2D eigenvalue weighted by Crippen LogP contribution is 2.16. The van der Waals surface area contributed by atoms with E-state index in [2.05, 4.69) is 21.2 Å². The lowest BCUT2D eigenvalue weighted by atomic mass is 10.0. The Balaban J connectivity index is 2.93. The molecule has 0 spiro atoms. The van der Waals surface area contributed by atoms with Gasteiger partial charge in [0.2, 0.25) is 0 Å². The minimum atomic E-state index is -0.272. The van der Waals surface area contributed by atoms with Gasteiger partial charge in [-0.25, -0.2) is 0 Å². The molecule has 0 aliphatic heterocycles. The largest absolute Gasteiger partial charge is 0.346 e. The van der Waals surface area contributed by atoms with E-state index in [1.165, 1.54) is 0 Å². The Bertz CT molecular complexity index is 404. The Morgan fingerprint density at radius 2 is 2.12 bits per heavy atom. The van der Waals surface area contributed by atoms with Gasteiger partial charge >= 0.3 is 0 Å². The third kappa shape index (κ3) is 3.49. The summed E-state index contributed by atoms with van der Waals surface area (Å²) in [4.78, 5) is 12.0. The fourth-order valence-electron chi connectivity index (χ4n) is 1.25. The van der Waals surface area contributed by atoms with Gasteiger partial charge in [-0.3, -0.25) is 4.79 Å². The van der Waals surface area contributed by atoms with Crippen molar-refractivity contribution in [2.45, 2.75) is 26.3 Å². The monoisotopic (exact) mass is 303 g/mol. The molecule has 0 heterocycles. The molecule has 0 aromatic heterocycles. The van der Waals surface area contributed by atoms with E-state index in [-0.39, 0.29) is 11.4 Å². The highest BCUT2D eigenvalue weighted by atomic mass is 79.9. The van der Waals surface area contributed by atoms with Crippen molar-refractivity contribution in [3.63, 3.8) is 0 Å². The molecule has 16 heavy (non-hydrogen) atoms. The minimum Gasteiger partial charge on any atom is -0.346 e. The summed E-state index contributed by atoms with van der Waals surface area (Å²) in [6.45, 7) is 5.81. The highest BCUT2D eigenvalue weighted by molar-refractivity contribution is 9.09. The third-order valence-corrected chi connectivity index (χ3v) is 3.87. The molecule has 0 aliphatic rings. The molecule has 1 aromatic rings. The van der Waals surface area contributed by atoms with Crippen LogP contribution in [-0.2, 0) is 0 Å². The molecule has 1 amide bonds. The average molecular weight is 305 g/mol.